The van der Waals surface area contributed by atoms with Crippen molar-refractivity contribution in [1.82, 2.24) is 9.21 Å². The van der Waals surface area contributed by atoms with Gasteiger partial charge in [-0.3, -0.25) is 9.69 Å². The van der Waals surface area contributed by atoms with E-state index in [0.717, 1.165) is 5.56 Å². The third-order valence-corrected chi connectivity index (χ3v) is 5.88. The SMILES string of the molecule is CCc1ccccc1S(=O)(=O)N1CCCN(CC(=O)O)CC1. The van der Waals surface area contributed by atoms with Gasteiger partial charge in [0.2, 0.25) is 10.0 Å². The molecule has 0 amide bonds. The smallest absolute Gasteiger partial charge is 0.317 e. The minimum absolute atomic E-state index is 0.0422. The topological polar surface area (TPSA) is 77.9 Å². The van der Waals surface area contributed by atoms with Crippen molar-refractivity contribution < 1.29 is 18.3 Å². The van der Waals surface area contributed by atoms with Gasteiger partial charge in [0.05, 0.1) is 11.4 Å². The highest BCUT2D eigenvalue weighted by atomic mass is 32.2. The molecule has 22 heavy (non-hydrogen) atoms. The van der Waals surface area contributed by atoms with Crippen LogP contribution in [0, 0.1) is 0 Å². The van der Waals surface area contributed by atoms with Crippen molar-refractivity contribution in [3.63, 3.8) is 0 Å². The zero-order valence-corrected chi connectivity index (χ0v) is 13.6. The van der Waals surface area contributed by atoms with Crippen LogP contribution in [0.15, 0.2) is 29.2 Å². The van der Waals surface area contributed by atoms with E-state index >= 15 is 0 Å². The number of carbonyl (C=O) groups is 1. The van der Waals surface area contributed by atoms with Crippen LogP contribution in [0.4, 0.5) is 0 Å². The molecule has 1 N–H and O–H groups in total. The molecule has 0 spiro atoms. The molecule has 0 aromatic heterocycles. The first-order valence-corrected chi connectivity index (χ1v) is 8.91. The van der Waals surface area contributed by atoms with Gasteiger partial charge in [-0.05, 0) is 24.5 Å². The maximum Gasteiger partial charge on any atom is 0.317 e. The maximum absolute atomic E-state index is 12.8. The number of carboxylic acid groups (broad SMARTS) is 1. The molecule has 1 fully saturated rings. The summed E-state index contributed by atoms with van der Waals surface area (Å²) in [7, 11) is -3.52. The number of carboxylic acids is 1. The van der Waals surface area contributed by atoms with E-state index < -0.39 is 16.0 Å². The predicted octanol–water partition coefficient (Wildman–Crippen LogP) is 1.03. The van der Waals surface area contributed by atoms with Crippen LogP contribution in [0.2, 0.25) is 0 Å². The summed E-state index contributed by atoms with van der Waals surface area (Å²) in [5.41, 5.74) is 0.814. The van der Waals surface area contributed by atoms with Crippen LogP contribution in [-0.2, 0) is 21.2 Å². The molecule has 7 heteroatoms. The number of hydrogen-bond donors (Lipinski definition) is 1. The molecule has 2 rings (SSSR count). The van der Waals surface area contributed by atoms with Crippen molar-refractivity contribution >= 4 is 16.0 Å². The summed E-state index contributed by atoms with van der Waals surface area (Å²) in [5, 5.41) is 8.86. The predicted molar refractivity (Wildman–Crippen MR) is 83.3 cm³/mol. The third kappa shape index (κ3) is 3.85. The summed E-state index contributed by atoms with van der Waals surface area (Å²) in [5.74, 6) is -0.882. The van der Waals surface area contributed by atoms with Gasteiger partial charge in [0, 0.05) is 26.2 Å². The number of sulfonamides is 1. The van der Waals surface area contributed by atoms with Gasteiger partial charge in [-0.1, -0.05) is 25.1 Å². The second kappa shape index (κ2) is 7.21. The van der Waals surface area contributed by atoms with Crippen molar-refractivity contribution in [3.8, 4) is 0 Å². The molecule has 1 aliphatic heterocycles. The molecule has 0 aliphatic carbocycles. The minimum Gasteiger partial charge on any atom is -0.480 e. The first-order valence-electron chi connectivity index (χ1n) is 7.47. The van der Waals surface area contributed by atoms with E-state index in [9.17, 15) is 13.2 Å². The molecule has 1 saturated heterocycles. The Kier molecular flexibility index (Phi) is 5.55. The Hall–Kier alpha value is -1.44. The van der Waals surface area contributed by atoms with Crippen molar-refractivity contribution in [2.45, 2.75) is 24.7 Å². The van der Waals surface area contributed by atoms with Gasteiger partial charge in [-0.25, -0.2) is 8.42 Å². The summed E-state index contributed by atoms with van der Waals surface area (Å²) >= 11 is 0. The zero-order valence-electron chi connectivity index (χ0n) is 12.7. The highest BCUT2D eigenvalue weighted by Gasteiger charge is 2.28. The van der Waals surface area contributed by atoms with Crippen molar-refractivity contribution in [2.24, 2.45) is 0 Å². The van der Waals surface area contributed by atoms with Crippen molar-refractivity contribution in [1.29, 1.82) is 0 Å². The van der Waals surface area contributed by atoms with Crippen LogP contribution in [-0.4, -0.2) is 61.4 Å². The molecule has 0 bridgehead atoms. The number of hydrogen-bond acceptors (Lipinski definition) is 4. The van der Waals surface area contributed by atoms with Gasteiger partial charge in [-0.15, -0.1) is 0 Å². The Morgan fingerprint density at radius 1 is 1.18 bits per heavy atom. The first-order chi connectivity index (χ1) is 10.4. The van der Waals surface area contributed by atoms with E-state index in [1.54, 1.807) is 17.0 Å². The van der Waals surface area contributed by atoms with Crippen LogP contribution >= 0.6 is 0 Å². The van der Waals surface area contributed by atoms with E-state index in [1.165, 1.54) is 4.31 Å². The minimum atomic E-state index is -3.52. The van der Waals surface area contributed by atoms with Crippen LogP contribution in [0.1, 0.15) is 18.9 Å². The fraction of sp³-hybridized carbons (Fsp3) is 0.533. The highest BCUT2D eigenvalue weighted by Crippen LogP contribution is 2.22. The molecule has 0 saturated carbocycles. The molecule has 1 aliphatic rings. The molecular formula is C15H22N2O4S. The Morgan fingerprint density at radius 2 is 1.91 bits per heavy atom. The number of benzene rings is 1. The van der Waals surface area contributed by atoms with Gasteiger partial charge in [0.25, 0.3) is 0 Å². The summed E-state index contributed by atoms with van der Waals surface area (Å²) < 4.78 is 27.2. The largest absolute Gasteiger partial charge is 0.480 e. The molecule has 6 nitrogen and oxygen atoms in total. The molecule has 0 atom stereocenters. The van der Waals surface area contributed by atoms with Gasteiger partial charge >= 0.3 is 5.97 Å². The molecule has 1 aromatic carbocycles. The first kappa shape index (κ1) is 16.9. The average molecular weight is 326 g/mol. The van der Waals surface area contributed by atoms with Crippen molar-refractivity contribution in [3.05, 3.63) is 29.8 Å². The van der Waals surface area contributed by atoms with E-state index in [0.29, 0.717) is 43.9 Å². The van der Waals surface area contributed by atoms with Gasteiger partial charge in [0.1, 0.15) is 0 Å². The van der Waals surface area contributed by atoms with E-state index in [1.807, 2.05) is 19.1 Å². The van der Waals surface area contributed by atoms with E-state index in [-0.39, 0.29) is 6.54 Å². The van der Waals surface area contributed by atoms with E-state index in [2.05, 4.69) is 0 Å². The molecule has 0 radical (unpaired) electrons. The monoisotopic (exact) mass is 326 g/mol. The van der Waals surface area contributed by atoms with Gasteiger partial charge in [0.15, 0.2) is 0 Å². The molecule has 1 heterocycles. The fourth-order valence-electron chi connectivity index (χ4n) is 2.72. The molecule has 1 aromatic rings. The van der Waals surface area contributed by atoms with Gasteiger partial charge in [-0.2, -0.15) is 4.31 Å². The Labute approximate surface area is 131 Å². The van der Waals surface area contributed by atoms with Crippen LogP contribution in [0.25, 0.3) is 0 Å². The number of aliphatic carboxylic acids is 1. The summed E-state index contributed by atoms with van der Waals surface area (Å²) in [4.78, 5) is 12.9. The number of rotatable bonds is 5. The summed E-state index contributed by atoms with van der Waals surface area (Å²) in [6.45, 7) is 3.70. The number of aryl methyl sites for hydroxylation is 1. The molecule has 0 unspecified atom stereocenters. The number of nitrogens with zero attached hydrogens (tertiary/aromatic N) is 2. The maximum atomic E-state index is 12.8. The summed E-state index contributed by atoms with van der Waals surface area (Å²) in [6.07, 6.45) is 1.30. The lowest BCUT2D eigenvalue weighted by Gasteiger charge is -2.22. The lowest BCUT2D eigenvalue weighted by Crippen LogP contribution is -2.37. The highest BCUT2D eigenvalue weighted by molar-refractivity contribution is 7.89. The fourth-order valence-corrected chi connectivity index (χ4v) is 4.49. The third-order valence-electron chi connectivity index (χ3n) is 3.88. The molecule has 122 valence electrons. The lowest BCUT2D eigenvalue weighted by molar-refractivity contribution is -0.138. The normalized spacial score (nSPS) is 18.0. The second-order valence-corrected chi connectivity index (χ2v) is 7.30. The lowest BCUT2D eigenvalue weighted by atomic mass is 10.2. The Bertz CT molecular complexity index is 630. The quantitative estimate of drug-likeness (QED) is 0.874. The Balaban J connectivity index is 2.18. The van der Waals surface area contributed by atoms with Crippen LogP contribution < -0.4 is 0 Å². The average Bonchev–Trinajstić information content (AvgIpc) is 2.72. The Morgan fingerprint density at radius 3 is 2.59 bits per heavy atom. The van der Waals surface area contributed by atoms with Gasteiger partial charge < -0.3 is 5.11 Å². The standard InChI is InChI=1S/C15H22N2O4S/c1-2-13-6-3-4-7-14(13)22(20,21)17-9-5-8-16(10-11-17)12-15(18)19/h3-4,6-7H,2,5,8-12H2,1H3,(H,18,19). The van der Waals surface area contributed by atoms with Crippen molar-refractivity contribution in [2.75, 3.05) is 32.7 Å². The second-order valence-electron chi connectivity index (χ2n) is 5.39. The van der Waals surface area contributed by atoms with Crippen LogP contribution in [0.3, 0.4) is 0 Å². The zero-order chi connectivity index (χ0) is 16.2. The van der Waals surface area contributed by atoms with E-state index in [4.69, 9.17) is 5.11 Å². The summed E-state index contributed by atoms with van der Waals surface area (Å²) in [6, 6.07) is 7.06. The molecular weight excluding hydrogens is 304 g/mol. The van der Waals surface area contributed by atoms with Crippen LogP contribution in [0.5, 0.6) is 0 Å².